The Balaban J connectivity index is 2.33. The molecule has 0 radical (unpaired) electrons. The van der Waals surface area contributed by atoms with Crippen LogP contribution in [0.3, 0.4) is 0 Å². The van der Waals surface area contributed by atoms with Crippen LogP contribution in [-0.4, -0.2) is 43.0 Å². The van der Waals surface area contributed by atoms with Gasteiger partial charge in [0.2, 0.25) is 10.0 Å². The summed E-state index contributed by atoms with van der Waals surface area (Å²) in [5.74, 6) is -2.20. The molecule has 2 aromatic rings. The molecule has 0 saturated carbocycles. The highest BCUT2D eigenvalue weighted by Gasteiger charge is 2.38. The topological polar surface area (TPSA) is 133 Å². The minimum Gasteiger partial charge on any atom is -0.386 e. The summed E-state index contributed by atoms with van der Waals surface area (Å²) in [7, 11) is -5.37. The van der Waals surface area contributed by atoms with Gasteiger partial charge in [-0.2, -0.15) is 13.2 Å². The zero-order chi connectivity index (χ0) is 22.7. The molecule has 1 amide bonds. The van der Waals surface area contributed by atoms with E-state index in [1.54, 1.807) is 5.32 Å². The average Bonchev–Trinajstić information content (AvgIpc) is 2.67. The van der Waals surface area contributed by atoms with E-state index in [4.69, 9.17) is 0 Å². The van der Waals surface area contributed by atoms with Crippen molar-refractivity contribution in [3.8, 4) is 0 Å². The molecule has 0 spiro atoms. The van der Waals surface area contributed by atoms with Gasteiger partial charge >= 0.3 is 12.1 Å². The molecular weight excluding hydrogens is 449 g/mol. The van der Waals surface area contributed by atoms with Crippen LogP contribution in [0.25, 0.3) is 0 Å². The zero-order valence-electron chi connectivity index (χ0n) is 15.5. The maximum Gasteiger partial charge on any atom is 0.471 e. The number of nitrogens with one attached hydrogen (secondary N) is 4. The first-order chi connectivity index (χ1) is 13.8. The SMILES string of the molecule is CNc1ccc(S(=O)(=O)NC)cc1NS(=O)(=O)c1ccc(NC(=O)C(F)(F)F)cc1. The lowest BCUT2D eigenvalue weighted by Gasteiger charge is -2.14. The zero-order valence-corrected chi connectivity index (χ0v) is 17.2. The van der Waals surface area contributed by atoms with Gasteiger partial charge in [0, 0.05) is 12.7 Å². The fourth-order valence-electron chi connectivity index (χ4n) is 2.23. The standard InChI is InChI=1S/C16H17F3N4O5S2/c1-20-13-8-7-12(29(25,26)21-2)9-14(13)23-30(27,28)11-5-3-10(4-6-11)22-15(24)16(17,18)19/h3-9,20-21,23H,1-2H3,(H,22,24). The Morgan fingerprint density at radius 3 is 1.90 bits per heavy atom. The highest BCUT2D eigenvalue weighted by molar-refractivity contribution is 7.92. The van der Waals surface area contributed by atoms with Crippen molar-refractivity contribution in [2.24, 2.45) is 0 Å². The number of hydrogen-bond acceptors (Lipinski definition) is 6. The van der Waals surface area contributed by atoms with E-state index < -0.39 is 32.1 Å². The van der Waals surface area contributed by atoms with Gasteiger partial charge in [0.05, 0.1) is 21.2 Å². The summed E-state index contributed by atoms with van der Waals surface area (Å²) < 4.78 is 90.4. The smallest absolute Gasteiger partial charge is 0.386 e. The molecule has 0 aliphatic carbocycles. The second-order valence-electron chi connectivity index (χ2n) is 5.75. The van der Waals surface area contributed by atoms with Gasteiger partial charge in [0.25, 0.3) is 10.0 Å². The number of hydrogen-bond donors (Lipinski definition) is 4. The molecule has 0 aromatic heterocycles. The van der Waals surface area contributed by atoms with E-state index >= 15 is 0 Å². The second kappa shape index (κ2) is 8.49. The Morgan fingerprint density at radius 2 is 1.40 bits per heavy atom. The maximum atomic E-state index is 12.6. The maximum absolute atomic E-state index is 12.6. The van der Waals surface area contributed by atoms with Crippen LogP contribution in [-0.2, 0) is 24.8 Å². The molecule has 0 fully saturated rings. The number of amides is 1. The Kier molecular flexibility index (Phi) is 6.63. The van der Waals surface area contributed by atoms with Crippen molar-refractivity contribution in [1.29, 1.82) is 0 Å². The summed E-state index contributed by atoms with van der Waals surface area (Å²) in [6, 6.07) is 7.68. The number of carbonyl (C=O) groups is 1. The number of sulfonamides is 2. The van der Waals surface area contributed by atoms with Crippen LogP contribution < -0.4 is 20.1 Å². The molecule has 2 rings (SSSR count). The van der Waals surface area contributed by atoms with Gasteiger partial charge in [-0.3, -0.25) is 9.52 Å². The summed E-state index contributed by atoms with van der Waals surface area (Å²) in [6.45, 7) is 0. The summed E-state index contributed by atoms with van der Waals surface area (Å²) in [6.07, 6.45) is -5.09. The van der Waals surface area contributed by atoms with Gasteiger partial charge in [-0.15, -0.1) is 0 Å². The molecule has 2 aromatic carbocycles. The lowest BCUT2D eigenvalue weighted by molar-refractivity contribution is -0.167. The largest absolute Gasteiger partial charge is 0.471 e. The van der Waals surface area contributed by atoms with E-state index in [1.807, 2.05) is 0 Å². The molecule has 0 aliphatic heterocycles. The van der Waals surface area contributed by atoms with E-state index in [0.29, 0.717) is 0 Å². The molecular formula is C16H17F3N4O5S2. The monoisotopic (exact) mass is 466 g/mol. The molecule has 0 unspecified atom stereocenters. The van der Waals surface area contributed by atoms with Crippen LogP contribution in [0.4, 0.5) is 30.2 Å². The van der Waals surface area contributed by atoms with Crippen LogP contribution in [0, 0.1) is 0 Å². The van der Waals surface area contributed by atoms with E-state index in [1.165, 1.54) is 26.2 Å². The molecule has 30 heavy (non-hydrogen) atoms. The van der Waals surface area contributed by atoms with Gasteiger partial charge in [-0.25, -0.2) is 21.6 Å². The van der Waals surface area contributed by atoms with Crippen molar-refractivity contribution >= 4 is 43.0 Å². The van der Waals surface area contributed by atoms with E-state index in [-0.39, 0.29) is 26.9 Å². The second-order valence-corrected chi connectivity index (χ2v) is 9.32. The molecule has 164 valence electrons. The van der Waals surface area contributed by atoms with Crippen LogP contribution in [0.2, 0.25) is 0 Å². The van der Waals surface area contributed by atoms with Crippen molar-refractivity contribution in [2.45, 2.75) is 16.0 Å². The highest BCUT2D eigenvalue weighted by atomic mass is 32.2. The van der Waals surface area contributed by atoms with E-state index in [0.717, 1.165) is 30.3 Å². The van der Waals surface area contributed by atoms with Crippen molar-refractivity contribution < 1.29 is 34.8 Å². The Bertz CT molecular complexity index is 1150. The first-order valence-electron chi connectivity index (χ1n) is 8.06. The summed E-state index contributed by atoms with van der Waals surface area (Å²) in [4.78, 5) is 10.4. The fourth-order valence-corrected chi connectivity index (χ4v) is 4.06. The predicted octanol–water partition coefficient (Wildman–Crippen LogP) is 1.94. The quantitative estimate of drug-likeness (QED) is 0.493. The molecule has 9 nitrogen and oxygen atoms in total. The van der Waals surface area contributed by atoms with Crippen molar-refractivity contribution in [3.05, 3.63) is 42.5 Å². The van der Waals surface area contributed by atoms with Crippen molar-refractivity contribution in [2.75, 3.05) is 29.5 Å². The van der Waals surface area contributed by atoms with Crippen LogP contribution in [0.5, 0.6) is 0 Å². The number of anilines is 3. The van der Waals surface area contributed by atoms with Crippen molar-refractivity contribution in [1.82, 2.24) is 4.72 Å². The molecule has 0 heterocycles. The summed E-state index contributed by atoms with van der Waals surface area (Å²) >= 11 is 0. The van der Waals surface area contributed by atoms with E-state index in [9.17, 15) is 34.8 Å². The molecule has 0 atom stereocenters. The lowest BCUT2D eigenvalue weighted by Crippen LogP contribution is -2.29. The van der Waals surface area contributed by atoms with Crippen molar-refractivity contribution in [3.63, 3.8) is 0 Å². The molecule has 4 N–H and O–H groups in total. The first kappa shape index (κ1) is 23.4. The van der Waals surface area contributed by atoms with Gasteiger partial charge in [-0.1, -0.05) is 0 Å². The Labute approximate surface area is 170 Å². The summed E-state index contributed by atoms with van der Waals surface area (Å²) in [5.41, 5.74) is -0.0414. The molecule has 0 saturated heterocycles. The van der Waals surface area contributed by atoms with Gasteiger partial charge in [0.15, 0.2) is 0 Å². The summed E-state index contributed by atoms with van der Waals surface area (Å²) in [5, 5.41) is 4.31. The Hall–Kier alpha value is -2.84. The van der Waals surface area contributed by atoms with Crippen LogP contribution >= 0.6 is 0 Å². The number of benzene rings is 2. The van der Waals surface area contributed by atoms with Gasteiger partial charge < -0.3 is 10.6 Å². The number of carbonyl (C=O) groups excluding carboxylic acids is 1. The minimum absolute atomic E-state index is 0.0664. The number of alkyl halides is 3. The number of halogens is 3. The minimum atomic E-state index is -5.09. The highest BCUT2D eigenvalue weighted by Crippen LogP contribution is 2.28. The molecule has 14 heteroatoms. The van der Waals surface area contributed by atoms with Gasteiger partial charge in [0.1, 0.15) is 0 Å². The third-order valence-corrected chi connectivity index (χ3v) is 6.56. The predicted molar refractivity (Wildman–Crippen MR) is 104 cm³/mol. The van der Waals surface area contributed by atoms with E-state index in [2.05, 4.69) is 14.8 Å². The average molecular weight is 466 g/mol. The third-order valence-electron chi connectivity index (χ3n) is 3.76. The molecule has 0 aliphatic rings. The van der Waals surface area contributed by atoms with Gasteiger partial charge in [-0.05, 0) is 49.5 Å². The van der Waals surface area contributed by atoms with Crippen LogP contribution in [0.1, 0.15) is 0 Å². The normalized spacial score (nSPS) is 12.3. The fraction of sp³-hybridized carbons (Fsp3) is 0.188. The third kappa shape index (κ3) is 5.40. The first-order valence-corrected chi connectivity index (χ1v) is 11.0. The van der Waals surface area contributed by atoms with Crippen LogP contribution in [0.15, 0.2) is 52.3 Å². The lowest BCUT2D eigenvalue weighted by atomic mass is 10.3. The number of rotatable bonds is 7. The molecule has 0 bridgehead atoms. The Morgan fingerprint density at radius 1 is 0.833 bits per heavy atom.